The highest BCUT2D eigenvalue weighted by Gasteiger charge is 2.49. The fourth-order valence-electron chi connectivity index (χ4n) is 4.47. The van der Waals surface area contributed by atoms with E-state index in [1.807, 2.05) is 30.3 Å². The first kappa shape index (κ1) is 34.5. The molecule has 1 saturated heterocycles. The first-order valence-electron chi connectivity index (χ1n) is 14.1. The Kier molecular flexibility index (Phi) is 12.2. The van der Waals surface area contributed by atoms with Gasteiger partial charge in [-0.2, -0.15) is 0 Å². The van der Waals surface area contributed by atoms with E-state index in [4.69, 9.17) is 19.6 Å². The predicted octanol–water partition coefficient (Wildman–Crippen LogP) is 3.15. The summed E-state index contributed by atoms with van der Waals surface area (Å²) in [4.78, 5) is 52.2. The number of thiophene rings is 1. The van der Waals surface area contributed by atoms with Gasteiger partial charge in [0.05, 0.1) is 32.8 Å². The number of rotatable bonds is 13. The van der Waals surface area contributed by atoms with Crippen molar-refractivity contribution in [3.8, 4) is 5.75 Å². The largest absolute Gasteiger partial charge is 0.494 e. The fourth-order valence-corrected chi connectivity index (χ4v) is 5.29. The van der Waals surface area contributed by atoms with Crippen molar-refractivity contribution >= 4 is 41.0 Å². The number of halogens is 1. The van der Waals surface area contributed by atoms with Gasteiger partial charge in [-0.05, 0) is 45.4 Å². The Bertz CT molecular complexity index is 1320. The topological polar surface area (TPSA) is 159 Å². The first-order chi connectivity index (χ1) is 20.8. The summed E-state index contributed by atoms with van der Waals surface area (Å²) in [5.41, 5.74) is -2.22. The summed E-state index contributed by atoms with van der Waals surface area (Å²) in [7, 11) is 1.34. The van der Waals surface area contributed by atoms with Gasteiger partial charge in [0.2, 0.25) is 17.7 Å². The van der Waals surface area contributed by atoms with Crippen LogP contribution in [-0.2, 0) is 30.4 Å². The number of hydrogen-bond acceptors (Lipinski definition) is 9. The van der Waals surface area contributed by atoms with Crippen LogP contribution in [-0.4, -0.2) is 85.3 Å². The smallest absolute Gasteiger partial charge is 0.413 e. The molecule has 240 valence electrons. The Balaban J connectivity index is 1.50. The summed E-state index contributed by atoms with van der Waals surface area (Å²) < 4.78 is 31.2. The molecule has 4 amide bonds. The number of carbonyl (C=O) groups excluding carboxylic acids is 4. The van der Waals surface area contributed by atoms with Gasteiger partial charge >= 0.3 is 6.09 Å². The Morgan fingerprint density at radius 3 is 2.57 bits per heavy atom. The van der Waals surface area contributed by atoms with Crippen LogP contribution < -0.4 is 20.7 Å². The Morgan fingerprint density at radius 2 is 1.89 bits per heavy atom. The minimum Gasteiger partial charge on any atom is -0.494 e. The van der Waals surface area contributed by atoms with Crippen LogP contribution in [0.15, 0.2) is 41.8 Å². The van der Waals surface area contributed by atoms with Crippen molar-refractivity contribution in [2.75, 3.05) is 33.4 Å². The number of likely N-dealkylation sites (tertiary alicyclic amines) is 1. The molecule has 1 fully saturated rings. The number of alkyl carbamates (subject to hydrolysis) is 1. The maximum absolute atomic E-state index is 15.5. The molecule has 1 aromatic heterocycles. The summed E-state index contributed by atoms with van der Waals surface area (Å²) in [6.45, 7) is 4.50. The summed E-state index contributed by atoms with van der Waals surface area (Å²) in [5.74, 6) is -0.974. The van der Waals surface area contributed by atoms with Crippen molar-refractivity contribution in [3.63, 3.8) is 0 Å². The zero-order valence-corrected chi connectivity index (χ0v) is 26.2. The van der Waals surface area contributed by atoms with Gasteiger partial charge in [0.15, 0.2) is 5.67 Å². The number of benzene rings is 1. The molecule has 0 spiro atoms. The van der Waals surface area contributed by atoms with Crippen molar-refractivity contribution in [1.82, 2.24) is 20.9 Å². The second-order valence-corrected chi connectivity index (χ2v) is 12.4. The standard InChI is InChI=1S/C30H40FN5O7S/c1-29(2,3)43-28(40)35-26(32)20-13-22(44-17-20)15-34-27(39)23-14-30(31,19-41-4)18-36(23)25(38)16-33-24(37)11-8-12-42-21-9-6-5-7-10-21/h5-7,9-10,13,17,23H,8,11-12,14-16,18-19H2,1-4H3,(H,33,37)(H,34,39)(H2,32,35,40)/t23-,30+/m0/s1. The molecule has 0 bridgehead atoms. The summed E-state index contributed by atoms with van der Waals surface area (Å²) in [5, 5.41) is 17.4. The van der Waals surface area contributed by atoms with Gasteiger partial charge in [0, 0.05) is 35.8 Å². The van der Waals surface area contributed by atoms with E-state index in [-0.39, 0.29) is 50.8 Å². The highest BCUT2D eigenvalue weighted by molar-refractivity contribution is 7.10. The third-order valence-corrected chi connectivity index (χ3v) is 7.35. The summed E-state index contributed by atoms with van der Waals surface area (Å²) in [6, 6.07) is 9.71. The molecule has 1 aliphatic rings. The lowest BCUT2D eigenvalue weighted by Crippen LogP contribution is -2.49. The van der Waals surface area contributed by atoms with Gasteiger partial charge < -0.3 is 29.7 Å². The average molecular weight is 634 g/mol. The maximum Gasteiger partial charge on any atom is 0.413 e. The van der Waals surface area contributed by atoms with E-state index in [2.05, 4.69) is 16.0 Å². The molecular weight excluding hydrogens is 593 g/mol. The van der Waals surface area contributed by atoms with Gasteiger partial charge in [0.25, 0.3) is 0 Å². The first-order valence-corrected chi connectivity index (χ1v) is 15.0. The van der Waals surface area contributed by atoms with Crippen molar-refractivity contribution in [3.05, 3.63) is 52.2 Å². The second-order valence-electron chi connectivity index (χ2n) is 11.4. The molecule has 2 heterocycles. The van der Waals surface area contributed by atoms with Crippen LogP contribution in [0, 0.1) is 5.41 Å². The Hall–Kier alpha value is -4.04. The van der Waals surface area contributed by atoms with E-state index in [0.717, 1.165) is 4.90 Å². The third-order valence-electron chi connectivity index (χ3n) is 6.42. The second kappa shape index (κ2) is 15.6. The molecule has 4 N–H and O–H groups in total. The number of methoxy groups -OCH3 is 1. The minimum absolute atomic E-state index is 0.0626. The monoisotopic (exact) mass is 633 g/mol. The lowest BCUT2D eigenvalue weighted by molar-refractivity contribution is -0.138. The van der Waals surface area contributed by atoms with Crippen LogP contribution in [0.1, 0.15) is 50.5 Å². The van der Waals surface area contributed by atoms with Crippen molar-refractivity contribution < 1.29 is 37.8 Å². The normalized spacial score (nSPS) is 17.9. The summed E-state index contributed by atoms with van der Waals surface area (Å²) in [6.07, 6.45) is -0.447. The molecule has 2 atom stereocenters. The third kappa shape index (κ3) is 10.9. The minimum atomic E-state index is -1.93. The molecule has 3 rings (SSSR count). The Morgan fingerprint density at radius 1 is 1.16 bits per heavy atom. The SMILES string of the molecule is COC[C@@]1(F)C[C@@H](C(=O)NCc2cc(C(=N)NC(=O)OC(C)(C)C)cs2)N(C(=O)CNC(=O)CCCOc2ccccc2)C1. The van der Waals surface area contributed by atoms with E-state index in [9.17, 15) is 19.2 Å². The number of hydrogen-bond donors (Lipinski definition) is 4. The number of alkyl halides is 1. The molecule has 2 aromatic rings. The van der Waals surface area contributed by atoms with Crippen molar-refractivity contribution in [2.24, 2.45) is 0 Å². The van der Waals surface area contributed by atoms with Crippen LogP contribution >= 0.6 is 11.3 Å². The van der Waals surface area contributed by atoms with Crippen LogP contribution in [0.4, 0.5) is 9.18 Å². The number of ether oxygens (including phenoxy) is 3. The van der Waals surface area contributed by atoms with Crippen molar-refractivity contribution in [1.29, 1.82) is 5.41 Å². The highest BCUT2D eigenvalue weighted by Crippen LogP contribution is 2.31. The number of nitrogens with zero attached hydrogens (tertiary/aromatic N) is 1. The molecule has 44 heavy (non-hydrogen) atoms. The number of carbonyl (C=O) groups is 4. The Labute approximate surface area is 260 Å². The molecule has 12 nitrogen and oxygen atoms in total. The van der Waals surface area contributed by atoms with Gasteiger partial charge in [-0.1, -0.05) is 18.2 Å². The number of amidine groups is 1. The molecular formula is C30H40FN5O7S. The van der Waals surface area contributed by atoms with E-state index < -0.39 is 35.2 Å². The zero-order valence-electron chi connectivity index (χ0n) is 25.4. The predicted molar refractivity (Wildman–Crippen MR) is 162 cm³/mol. The zero-order chi connectivity index (χ0) is 32.3. The molecule has 14 heteroatoms. The van der Waals surface area contributed by atoms with E-state index in [0.29, 0.717) is 29.2 Å². The van der Waals surface area contributed by atoms with E-state index in [1.54, 1.807) is 32.2 Å². The van der Waals surface area contributed by atoms with E-state index >= 15 is 4.39 Å². The van der Waals surface area contributed by atoms with E-state index in [1.165, 1.54) is 18.4 Å². The van der Waals surface area contributed by atoms with Crippen LogP contribution in [0.5, 0.6) is 5.75 Å². The van der Waals surface area contributed by atoms with Crippen molar-refractivity contribution in [2.45, 2.75) is 63.9 Å². The molecule has 1 aromatic carbocycles. The quantitative estimate of drug-likeness (QED) is 0.150. The number of nitrogens with one attached hydrogen (secondary N) is 4. The maximum atomic E-state index is 15.5. The molecule has 1 aliphatic heterocycles. The highest BCUT2D eigenvalue weighted by atomic mass is 32.1. The number of para-hydroxylation sites is 1. The van der Waals surface area contributed by atoms with Gasteiger partial charge in [-0.3, -0.25) is 25.1 Å². The van der Waals surface area contributed by atoms with Crippen LogP contribution in [0.3, 0.4) is 0 Å². The van der Waals surface area contributed by atoms with Gasteiger partial charge in [0.1, 0.15) is 23.2 Å². The van der Waals surface area contributed by atoms with Crippen LogP contribution in [0.25, 0.3) is 0 Å². The summed E-state index contributed by atoms with van der Waals surface area (Å²) >= 11 is 1.26. The van der Waals surface area contributed by atoms with Gasteiger partial charge in [-0.15, -0.1) is 11.3 Å². The molecule has 0 radical (unpaired) electrons. The van der Waals surface area contributed by atoms with Gasteiger partial charge in [-0.25, -0.2) is 9.18 Å². The average Bonchev–Trinajstić information content (AvgIpc) is 3.57. The molecule has 0 aliphatic carbocycles. The fraction of sp³-hybridized carbons (Fsp3) is 0.500. The number of amides is 4. The molecule has 0 saturated carbocycles. The lowest BCUT2D eigenvalue weighted by Gasteiger charge is -2.24. The molecule has 0 unspecified atom stereocenters. The lowest BCUT2D eigenvalue weighted by atomic mass is 10.0. The van der Waals surface area contributed by atoms with Crippen LogP contribution in [0.2, 0.25) is 0 Å².